The van der Waals surface area contributed by atoms with Crippen molar-refractivity contribution in [2.24, 2.45) is 0 Å². The number of halogens is 2. The normalized spacial score (nSPS) is 11.7. The van der Waals surface area contributed by atoms with E-state index in [1.54, 1.807) is 0 Å². The van der Waals surface area contributed by atoms with Gasteiger partial charge in [-0.1, -0.05) is 60.4 Å². The highest BCUT2D eigenvalue weighted by molar-refractivity contribution is 5.88. The number of carboxylic acids is 1. The van der Waals surface area contributed by atoms with Gasteiger partial charge in [0.25, 0.3) is 0 Å². The van der Waals surface area contributed by atoms with Gasteiger partial charge in [-0.2, -0.15) is 0 Å². The molecule has 0 spiro atoms. The van der Waals surface area contributed by atoms with Gasteiger partial charge in [0.2, 0.25) is 0 Å². The molecule has 0 atom stereocenters. The van der Waals surface area contributed by atoms with Gasteiger partial charge >= 0.3 is 12.1 Å². The van der Waals surface area contributed by atoms with E-state index in [0.717, 1.165) is 34.4 Å². The Kier molecular flexibility index (Phi) is 5.86. The molecule has 32 heavy (non-hydrogen) atoms. The van der Waals surface area contributed by atoms with Crippen LogP contribution in [0.1, 0.15) is 33.0 Å². The molecule has 0 aliphatic heterocycles. The second-order valence-electron chi connectivity index (χ2n) is 7.07. The minimum absolute atomic E-state index is 0.0815. The summed E-state index contributed by atoms with van der Waals surface area (Å²) in [5.74, 6) is 0.645. The maximum atomic E-state index is 14.1. The second-order valence-corrected chi connectivity index (χ2v) is 7.07. The molecule has 3 aromatic carbocycles. The van der Waals surface area contributed by atoms with E-state index in [1.807, 2.05) is 48.5 Å². The number of amides is 1. The fourth-order valence-corrected chi connectivity index (χ4v) is 3.75. The van der Waals surface area contributed by atoms with Crippen molar-refractivity contribution in [1.29, 1.82) is 0 Å². The van der Waals surface area contributed by atoms with Gasteiger partial charge in [-0.05, 0) is 34.4 Å². The number of carbonyl (C=O) groups is 2. The number of carbonyl (C=O) groups excluding carboxylic acids is 1. The van der Waals surface area contributed by atoms with Crippen LogP contribution in [0, 0.1) is 23.5 Å². The highest BCUT2D eigenvalue weighted by Crippen LogP contribution is 2.44. The van der Waals surface area contributed by atoms with Gasteiger partial charge < -0.3 is 15.2 Å². The first-order valence-corrected chi connectivity index (χ1v) is 9.76. The Morgan fingerprint density at radius 1 is 0.969 bits per heavy atom. The summed E-state index contributed by atoms with van der Waals surface area (Å²) in [5.41, 5.74) is 3.05. The molecule has 0 fully saturated rings. The van der Waals surface area contributed by atoms with Crippen LogP contribution in [0.4, 0.5) is 13.6 Å². The summed E-state index contributed by atoms with van der Waals surface area (Å²) in [4.78, 5) is 23.0. The third-order valence-corrected chi connectivity index (χ3v) is 5.19. The second kappa shape index (κ2) is 8.90. The summed E-state index contributed by atoms with van der Waals surface area (Å²) < 4.78 is 32.9. The number of carboxylic acid groups (broad SMARTS) is 1. The third-order valence-electron chi connectivity index (χ3n) is 5.19. The molecule has 0 heterocycles. The summed E-state index contributed by atoms with van der Waals surface area (Å²) in [6, 6.07) is 17.8. The van der Waals surface area contributed by atoms with E-state index in [-0.39, 0.29) is 24.6 Å². The number of hydrogen-bond acceptors (Lipinski definition) is 3. The first kappa shape index (κ1) is 21.1. The molecule has 1 amide bonds. The predicted molar refractivity (Wildman–Crippen MR) is 113 cm³/mol. The lowest BCUT2D eigenvalue weighted by Gasteiger charge is -2.14. The van der Waals surface area contributed by atoms with Gasteiger partial charge in [0.15, 0.2) is 5.82 Å². The lowest BCUT2D eigenvalue weighted by molar-refractivity contribution is 0.0686. The van der Waals surface area contributed by atoms with Crippen LogP contribution in [0.5, 0.6) is 0 Å². The number of alkyl carbamates (subject to hydrolysis) is 1. The van der Waals surface area contributed by atoms with Crippen LogP contribution < -0.4 is 5.32 Å². The van der Waals surface area contributed by atoms with Gasteiger partial charge in [-0.3, -0.25) is 0 Å². The number of ether oxygens (including phenoxy) is 1. The van der Waals surface area contributed by atoms with Crippen molar-refractivity contribution in [1.82, 2.24) is 5.32 Å². The van der Waals surface area contributed by atoms with Crippen LogP contribution in [-0.2, 0) is 4.74 Å². The summed E-state index contributed by atoms with van der Waals surface area (Å²) in [7, 11) is 0. The summed E-state index contributed by atoms with van der Waals surface area (Å²) in [6.07, 6.45) is -0.688. The van der Waals surface area contributed by atoms with Gasteiger partial charge in [-0.25, -0.2) is 18.4 Å². The van der Waals surface area contributed by atoms with Crippen molar-refractivity contribution in [2.45, 2.75) is 5.92 Å². The van der Waals surface area contributed by atoms with E-state index in [2.05, 4.69) is 17.2 Å². The molecular formula is C25H17F2NO4. The Morgan fingerprint density at radius 2 is 1.59 bits per heavy atom. The number of rotatable bonds is 4. The fraction of sp³-hybridized carbons (Fsp3) is 0.120. The Labute approximate surface area is 182 Å². The Bertz CT molecular complexity index is 1230. The lowest BCUT2D eigenvalue weighted by atomic mass is 9.98. The number of nitrogens with one attached hydrogen (secondary N) is 1. The number of benzene rings is 3. The lowest BCUT2D eigenvalue weighted by Crippen LogP contribution is -2.26. The molecule has 3 aromatic rings. The molecule has 1 aliphatic rings. The third kappa shape index (κ3) is 4.03. The monoisotopic (exact) mass is 433 g/mol. The minimum atomic E-state index is -1.72. The standard InChI is InChI=1S/C25H17F2NO4/c26-21-12-11-15(23(27)22(21)24(29)30)6-5-13-28-25(31)32-14-20-18-9-3-1-7-16(18)17-8-2-4-10-19(17)20/h1-4,7-12,20H,13-14H2,(H,28,31)(H,29,30). The van der Waals surface area contributed by atoms with E-state index >= 15 is 0 Å². The van der Waals surface area contributed by atoms with Crippen molar-refractivity contribution in [3.63, 3.8) is 0 Å². The molecule has 0 saturated heterocycles. The molecule has 1 aliphatic carbocycles. The van der Waals surface area contributed by atoms with E-state index < -0.39 is 29.3 Å². The molecule has 0 bridgehead atoms. The molecule has 0 saturated carbocycles. The average Bonchev–Trinajstić information content (AvgIpc) is 3.10. The van der Waals surface area contributed by atoms with Gasteiger partial charge in [-0.15, -0.1) is 0 Å². The molecule has 4 rings (SSSR count). The zero-order chi connectivity index (χ0) is 22.7. The van der Waals surface area contributed by atoms with Gasteiger partial charge in [0.1, 0.15) is 18.0 Å². The Morgan fingerprint density at radius 3 is 2.22 bits per heavy atom. The topological polar surface area (TPSA) is 75.6 Å². The molecule has 0 radical (unpaired) electrons. The van der Waals surface area contributed by atoms with Crippen molar-refractivity contribution in [3.05, 3.63) is 94.6 Å². The molecule has 7 heteroatoms. The van der Waals surface area contributed by atoms with E-state index in [1.165, 1.54) is 0 Å². The zero-order valence-corrected chi connectivity index (χ0v) is 16.7. The Hall–Kier alpha value is -4.18. The first-order valence-electron chi connectivity index (χ1n) is 9.76. The van der Waals surface area contributed by atoms with Crippen LogP contribution in [0.3, 0.4) is 0 Å². The number of fused-ring (bicyclic) bond motifs is 3. The maximum Gasteiger partial charge on any atom is 0.407 e. The molecular weight excluding hydrogens is 416 g/mol. The largest absolute Gasteiger partial charge is 0.477 e. The van der Waals surface area contributed by atoms with E-state index in [9.17, 15) is 18.4 Å². The van der Waals surface area contributed by atoms with Crippen LogP contribution >= 0.6 is 0 Å². The quantitative estimate of drug-likeness (QED) is 0.592. The first-order chi connectivity index (χ1) is 15.5. The maximum absolute atomic E-state index is 14.1. The highest BCUT2D eigenvalue weighted by atomic mass is 19.1. The SMILES string of the molecule is O=C(NCC#Cc1ccc(F)c(C(=O)O)c1F)OCC1c2ccccc2-c2ccccc21. The van der Waals surface area contributed by atoms with Crippen molar-refractivity contribution >= 4 is 12.1 Å². The van der Waals surface area contributed by atoms with Crippen molar-refractivity contribution in [3.8, 4) is 23.0 Å². The molecule has 160 valence electrons. The van der Waals surface area contributed by atoms with Crippen molar-refractivity contribution in [2.75, 3.05) is 13.2 Å². The molecule has 5 nitrogen and oxygen atoms in total. The Balaban J connectivity index is 1.37. The molecule has 2 N–H and O–H groups in total. The van der Waals surface area contributed by atoms with E-state index in [0.29, 0.717) is 0 Å². The van der Waals surface area contributed by atoms with E-state index in [4.69, 9.17) is 9.84 Å². The van der Waals surface area contributed by atoms with Gasteiger partial charge in [0.05, 0.1) is 12.1 Å². The van der Waals surface area contributed by atoms with Crippen LogP contribution in [0.2, 0.25) is 0 Å². The minimum Gasteiger partial charge on any atom is -0.477 e. The number of aromatic carboxylic acids is 1. The summed E-state index contributed by atoms with van der Waals surface area (Å²) in [6.45, 7) is -0.0161. The zero-order valence-electron chi connectivity index (χ0n) is 16.7. The fourth-order valence-electron chi connectivity index (χ4n) is 3.75. The summed E-state index contributed by atoms with van der Waals surface area (Å²) >= 11 is 0. The molecule has 0 aromatic heterocycles. The van der Waals surface area contributed by atoms with Crippen LogP contribution in [0.25, 0.3) is 11.1 Å². The van der Waals surface area contributed by atoms with Crippen LogP contribution in [-0.4, -0.2) is 30.3 Å². The number of hydrogen-bond donors (Lipinski definition) is 2. The predicted octanol–water partition coefficient (Wildman–Crippen LogP) is 4.55. The highest BCUT2D eigenvalue weighted by Gasteiger charge is 2.28. The molecule has 0 unspecified atom stereocenters. The average molecular weight is 433 g/mol. The summed E-state index contributed by atoms with van der Waals surface area (Å²) in [5, 5.41) is 11.3. The smallest absolute Gasteiger partial charge is 0.407 e. The van der Waals surface area contributed by atoms with Crippen molar-refractivity contribution < 1.29 is 28.2 Å². The van der Waals surface area contributed by atoms with Gasteiger partial charge in [0, 0.05) is 5.92 Å². The van der Waals surface area contributed by atoms with Crippen LogP contribution in [0.15, 0.2) is 60.7 Å².